The van der Waals surface area contributed by atoms with E-state index in [-0.39, 0.29) is 24.0 Å². The molecular formula is C22H27IN6O. The van der Waals surface area contributed by atoms with Gasteiger partial charge in [-0.25, -0.2) is 9.97 Å². The fourth-order valence-corrected chi connectivity index (χ4v) is 3.42. The van der Waals surface area contributed by atoms with Gasteiger partial charge in [0, 0.05) is 45.0 Å². The number of aliphatic imine (C=N–C) groups is 1. The molecule has 30 heavy (non-hydrogen) atoms. The molecule has 1 aliphatic heterocycles. The Kier molecular flexibility index (Phi) is 7.67. The number of guanidine groups is 1. The van der Waals surface area contributed by atoms with Crippen LogP contribution in [-0.4, -0.2) is 54.1 Å². The summed E-state index contributed by atoms with van der Waals surface area (Å²) in [6, 6.07) is 14.3. The zero-order chi connectivity index (χ0) is 20.1. The standard InChI is InChI=1S/C22H26N6O.HI/c1-17-6-8-18(9-7-17)19-15-25-21(29-19)16-26-22(23-2)28-13-11-27(12-14-28)20-5-3-4-10-24-20;/h3-10,15H,11-14,16H2,1-2H3,(H,23,26);1H. The van der Waals surface area contributed by atoms with E-state index in [0.717, 1.165) is 49.3 Å². The molecule has 0 radical (unpaired) electrons. The summed E-state index contributed by atoms with van der Waals surface area (Å²) in [5.41, 5.74) is 2.26. The lowest BCUT2D eigenvalue weighted by atomic mass is 10.1. The van der Waals surface area contributed by atoms with Gasteiger partial charge in [0.2, 0.25) is 5.89 Å². The van der Waals surface area contributed by atoms with Gasteiger partial charge < -0.3 is 19.5 Å². The lowest BCUT2D eigenvalue weighted by Gasteiger charge is -2.36. The van der Waals surface area contributed by atoms with Gasteiger partial charge in [0.05, 0.1) is 12.7 Å². The van der Waals surface area contributed by atoms with Crippen LogP contribution in [0.2, 0.25) is 0 Å². The van der Waals surface area contributed by atoms with Crippen LogP contribution in [0.5, 0.6) is 0 Å². The van der Waals surface area contributed by atoms with Crippen LogP contribution in [0.15, 0.2) is 64.3 Å². The second kappa shape index (κ2) is 10.4. The van der Waals surface area contributed by atoms with E-state index in [1.807, 2.05) is 30.5 Å². The maximum Gasteiger partial charge on any atom is 0.214 e. The predicted octanol–water partition coefficient (Wildman–Crippen LogP) is 3.56. The van der Waals surface area contributed by atoms with Crippen LogP contribution in [0, 0.1) is 6.92 Å². The largest absolute Gasteiger partial charge is 0.439 e. The highest BCUT2D eigenvalue weighted by atomic mass is 127. The first kappa shape index (κ1) is 22.1. The minimum Gasteiger partial charge on any atom is -0.439 e. The van der Waals surface area contributed by atoms with Crippen molar-refractivity contribution in [1.29, 1.82) is 0 Å². The maximum absolute atomic E-state index is 5.90. The monoisotopic (exact) mass is 518 g/mol. The molecule has 0 unspecified atom stereocenters. The van der Waals surface area contributed by atoms with Crippen LogP contribution >= 0.6 is 24.0 Å². The first-order valence-corrected chi connectivity index (χ1v) is 9.86. The highest BCUT2D eigenvalue weighted by molar-refractivity contribution is 14.0. The zero-order valence-corrected chi connectivity index (χ0v) is 19.6. The van der Waals surface area contributed by atoms with E-state index in [9.17, 15) is 0 Å². The number of nitrogens with zero attached hydrogens (tertiary/aromatic N) is 5. The van der Waals surface area contributed by atoms with Gasteiger partial charge >= 0.3 is 0 Å². The Labute approximate surface area is 194 Å². The molecule has 3 aromatic rings. The number of aryl methyl sites for hydroxylation is 1. The molecule has 158 valence electrons. The van der Waals surface area contributed by atoms with E-state index >= 15 is 0 Å². The third kappa shape index (κ3) is 5.29. The molecule has 0 amide bonds. The fraction of sp³-hybridized carbons (Fsp3) is 0.318. The van der Waals surface area contributed by atoms with Gasteiger partial charge in [-0.3, -0.25) is 4.99 Å². The van der Waals surface area contributed by atoms with Gasteiger partial charge in [-0.05, 0) is 19.1 Å². The van der Waals surface area contributed by atoms with Crippen LogP contribution in [0.25, 0.3) is 11.3 Å². The number of pyridine rings is 1. The van der Waals surface area contributed by atoms with Crippen LogP contribution < -0.4 is 10.2 Å². The Bertz CT molecular complexity index is 949. The molecule has 1 aromatic carbocycles. The number of hydrogen-bond donors (Lipinski definition) is 1. The molecule has 2 aromatic heterocycles. The van der Waals surface area contributed by atoms with Crippen molar-refractivity contribution < 1.29 is 4.42 Å². The summed E-state index contributed by atoms with van der Waals surface area (Å²) >= 11 is 0. The summed E-state index contributed by atoms with van der Waals surface area (Å²) in [7, 11) is 1.81. The molecule has 0 spiro atoms. The van der Waals surface area contributed by atoms with Gasteiger partial charge in [-0.15, -0.1) is 24.0 Å². The van der Waals surface area contributed by atoms with Crippen molar-refractivity contribution in [3.63, 3.8) is 0 Å². The number of piperazine rings is 1. The first-order valence-electron chi connectivity index (χ1n) is 9.86. The molecule has 0 aliphatic carbocycles. The Hall–Kier alpha value is -2.62. The highest BCUT2D eigenvalue weighted by Gasteiger charge is 2.20. The quantitative estimate of drug-likeness (QED) is 0.324. The zero-order valence-electron chi connectivity index (χ0n) is 17.3. The van der Waals surface area contributed by atoms with Crippen LogP contribution in [0.3, 0.4) is 0 Å². The summed E-state index contributed by atoms with van der Waals surface area (Å²) < 4.78 is 5.90. The van der Waals surface area contributed by atoms with Crippen molar-refractivity contribution in [3.05, 3.63) is 66.3 Å². The summed E-state index contributed by atoms with van der Waals surface area (Å²) in [6.07, 6.45) is 3.61. The van der Waals surface area contributed by atoms with Crippen molar-refractivity contribution in [3.8, 4) is 11.3 Å². The number of hydrogen-bond acceptors (Lipinski definition) is 5. The molecule has 0 bridgehead atoms. The molecular weight excluding hydrogens is 491 g/mol. The van der Waals surface area contributed by atoms with Crippen LogP contribution in [-0.2, 0) is 6.54 Å². The Morgan fingerprint density at radius 2 is 1.83 bits per heavy atom. The van der Waals surface area contributed by atoms with Crippen LogP contribution in [0.4, 0.5) is 5.82 Å². The third-order valence-electron chi connectivity index (χ3n) is 5.05. The minimum atomic E-state index is 0. The van der Waals surface area contributed by atoms with Crippen molar-refractivity contribution in [1.82, 2.24) is 20.2 Å². The topological polar surface area (TPSA) is 69.8 Å². The number of nitrogens with one attached hydrogen (secondary N) is 1. The lowest BCUT2D eigenvalue weighted by Crippen LogP contribution is -2.52. The number of benzene rings is 1. The maximum atomic E-state index is 5.90. The summed E-state index contributed by atoms with van der Waals surface area (Å²) in [5.74, 6) is 3.31. The molecule has 8 heteroatoms. The minimum absolute atomic E-state index is 0. The average molecular weight is 518 g/mol. The van der Waals surface area contributed by atoms with E-state index in [1.165, 1.54) is 5.56 Å². The van der Waals surface area contributed by atoms with Crippen molar-refractivity contribution >= 4 is 35.8 Å². The summed E-state index contributed by atoms with van der Waals surface area (Å²) in [4.78, 5) is 17.8. The first-order chi connectivity index (χ1) is 14.2. The number of aromatic nitrogens is 2. The highest BCUT2D eigenvalue weighted by Crippen LogP contribution is 2.20. The predicted molar refractivity (Wildman–Crippen MR) is 130 cm³/mol. The molecule has 1 fully saturated rings. The molecule has 1 saturated heterocycles. The number of anilines is 1. The average Bonchev–Trinajstić information content (AvgIpc) is 3.25. The van der Waals surface area contributed by atoms with E-state index in [2.05, 4.69) is 55.2 Å². The second-order valence-corrected chi connectivity index (χ2v) is 7.05. The van der Waals surface area contributed by atoms with Crippen LogP contribution in [0.1, 0.15) is 11.5 Å². The molecule has 0 atom stereocenters. The second-order valence-electron chi connectivity index (χ2n) is 7.05. The molecule has 0 saturated carbocycles. The normalized spacial score (nSPS) is 14.4. The SMILES string of the molecule is CN=C(NCc1ncc(-c2ccc(C)cc2)o1)N1CCN(c2ccccn2)CC1.I. The summed E-state index contributed by atoms with van der Waals surface area (Å²) in [6.45, 7) is 6.16. The molecule has 1 aliphatic rings. The van der Waals surface area contributed by atoms with E-state index in [1.54, 1.807) is 13.2 Å². The molecule has 3 heterocycles. The van der Waals surface area contributed by atoms with Crippen molar-refractivity contribution in [2.45, 2.75) is 13.5 Å². The molecule has 7 nitrogen and oxygen atoms in total. The van der Waals surface area contributed by atoms with Gasteiger partial charge in [-0.1, -0.05) is 35.9 Å². The van der Waals surface area contributed by atoms with Crippen molar-refractivity contribution in [2.24, 2.45) is 4.99 Å². The molecule has 1 N–H and O–H groups in total. The lowest BCUT2D eigenvalue weighted by molar-refractivity contribution is 0.368. The Morgan fingerprint density at radius 3 is 2.50 bits per heavy atom. The Balaban J connectivity index is 0.00000256. The van der Waals surface area contributed by atoms with Gasteiger partial charge in [0.25, 0.3) is 0 Å². The van der Waals surface area contributed by atoms with E-state index in [4.69, 9.17) is 4.42 Å². The summed E-state index contributed by atoms with van der Waals surface area (Å²) in [5, 5.41) is 3.37. The van der Waals surface area contributed by atoms with E-state index in [0.29, 0.717) is 12.4 Å². The van der Waals surface area contributed by atoms with Gasteiger partial charge in [-0.2, -0.15) is 0 Å². The fourth-order valence-electron chi connectivity index (χ4n) is 3.42. The number of halogens is 1. The number of rotatable bonds is 4. The Morgan fingerprint density at radius 1 is 1.07 bits per heavy atom. The number of oxazole rings is 1. The van der Waals surface area contributed by atoms with E-state index < -0.39 is 0 Å². The van der Waals surface area contributed by atoms with Gasteiger partial charge in [0.1, 0.15) is 5.82 Å². The molecule has 4 rings (SSSR count). The smallest absolute Gasteiger partial charge is 0.214 e. The van der Waals surface area contributed by atoms with Gasteiger partial charge in [0.15, 0.2) is 11.7 Å². The van der Waals surface area contributed by atoms with Crippen molar-refractivity contribution in [2.75, 3.05) is 38.1 Å². The third-order valence-corrected chi connectivity index (χ3v) is 5.05.